The van der Waals surface area contributed by atoms with Crippen LogP contribution in [0.5, 0.6) is 17.2 Å². The first-order valence-electron chi connectivity index (χ1n) is 11.3. The zero-order chi connectivity index (χ0) is 24.5. The maximum Gasteiger partial charge on any atom is 0.203 e. The molecule has 2 aromatic heterocycles. The fraction of sp³-hybridized carbons (Fsp3) is 0.259. The first-order chi connectivity index (χ1) is 17.1. The molecule has 0 amide bonds. The molecule has 5 rings (SSSR count). The predicted molar refractivity (Wildman–Crippen MR) is 134 cm³/mol. The van der Waals surface area contributed by atoms with Crippen LogP contribution in [0.3, 0.4) is 0 Å². The molecule has 8 nitrogen and oxygen atoms in total. The highest BCUT2D eigenvalue weighted by Gasteiger charge is 2.27. The van der Waals surface area contributed by atoms with E-state index in [4.69, 9.17) is 18.9 Å². The van der Waals surface area contributed by atoms with Gasteiger partial charge < -0.3 is 23.5 Å². The number of benzene rings is 3. The Labute approximate surface area is 203 Å². The second-order valence-corrected chi connectivity index (χ2v) is 8.25. The molecule has 0 radical (unpaired) electrons. The predicted octanol–water partition coefficient (Wildman–Crippen LogP) is 4.73. The number of methoxy groups -OCH3 is 4. The number of aromatic nitrogens is 4. The van der Waals surface area contributed by atoms with E-state index in [2.05, 4.69) is 40.1 Å². The summed E-state index contributed by atoms with van der Waals surface area (Å²) < 4.78 is 27.0. The number of hydrogen-bond donors (Lipinski definition) is 0. The lowest BCUT2D eigenvalue weighted by atomic mass is 10.0. The van der Waals surface area contributed by atoms with Crippen molar-refractivity contribution in [2.45, 2.75) is 12.6 Å². The van der Waals surface area contributed by atoms with Gasteiger partial charge >= 0.3 is 0 Å². The van der Waals surface area contributed by atoms with Crippen molar-refractivity contribution >= 4 is 21.9 Å². The minimum Gasteiger partial charge on any atom is -0.493 e. The quantitative estimate of drug-likeness (QED) is 0.325. The first kappa shape index (κ1) is 22.7. The Bertz CT molecular complexity index is 1480. The monoisotopic (exact) mass is 472 g/mol. The molecule has 180 valence electrons. The molecule has 0 aliphatic carbocycles. The highest BCUT2D eigenvalue weighted by molar-refractivity contribution is 5.86. The third kappa shape index (κ3) is 3.76. The fourth-order valence-corrected chi connectivity index (χ4v) is 4.83. The average molecular weight is 473 g/mol. The number of ether oxygens (including phenoxy) is 4. The van der Waals surface area contributed by atoms with Crippen LogP contribution in [0.2, 0.25) is 0 Å². The minimum atomic E-state index is -0.397. The second kappa shape index (κ2) is 9.31. The van der Waals surface area contributed by atoms with Crippen LogP contribution in [0.25, 0.3) is 21.9 Å². The molecule has 1 unspecified atom stereocenters. The summed E-state index contributed by atoms with van der Waals surface area (Å²) in [4.78, 5) is 0. The van der Waals surface area contributed by atoms with Gasteiger partial charge in [-0.3, -0.25) is 0 Å². The standard InChI is InChI=1S/C27H28N4O4/c1-30-21-12-8-6-10-18(21)19(16-31-22-13-9-7-11-20(22)28-29-31)25(30)26(34-4)17-14-23(32-2)27(35-5)24(15-17)33-3/h6-15,26H,16H2,1-5H3. The summed E-state index contributed by atoms with van der Waals surface area (Å²) >= 11 is 0. The Kier molecular flexibility index (Phi) is 6.05. The van der Waals surface area contributed by atoms with Crippen LogP contribution >= 0.6 is 0 Å². The molecule has 0 aliphatic heterocycles. The van der Waals surface area contributed by atoms with Gasteiger partial charge in [-0.15, -0.1) is 5.10 Å². The van der Waals surface area contributed by atoms with E-state index in [1.54, 1.807) is 28.4 Å². The van der Waals surface area contributed by atoms with Crippen molar-refractivity contribution in [3.05, 3.63) is 77.5 Å². The molecule has 0 saturated carbocycles. The van der Waals surface area contributed by atoms with Crippen molar-refractivity contribution in [1.29, 1.82) is 0 Å². The van der Waals surface area contributed by atoms with Crippen molar-refractivity contribution in [3.8, 4) is 17.2 Å². The summed E-state index contributed by atoms with van der Waals surface area (Å²) in [6, 6.07) is 20.2. The van der Waals surface area contributed by atoms with Gasteiger partial charge in [0, 0.05) is 30.6 Å². The summed E-state index contributed by atoms with van der Waals surface area (Å²) in [7, 11) is 8.59. The van der Waals surface area contributed by atoms with Crippen LogP contribution in [0, 0.1) is 0 Å². The summed E-state index contributed by atoms with van der Waals surface area (Å²) in [5, 5.41) is 9.93. The molecule has 0 aliphatic rings. The number of nitrogens with zero attached hydrogens (tertiary/aromatic N) is 4. The smallest absolute Gasteiger partial charge is 0.203 e. The largest absolute Gasteiger partial charge is 0.493 e. The lowest BCUT2D eigenvalue weighted by Crippen LogP contribution is -2.13. The van der Waals surface area contributed by atoms with E-state index in [-0.39, 0.29) is 0 Å². The Morgan fingerprint density at radius 3 is 2.14 bits per heavy atom. The maximum absolute atomic E-state index is 6.13. The molecular weight excluding hydrogens is 444 g/mol. The molecule has 0 spiro atoms. The topological polar surface area (TPSA) is 72.6 Å². The maximum atomic E-state index is 6.13. The van der Waals surface area contributed by atoms with E-state index in [1.807, 2.05) is 47.1 Å². The van der Waals surface area contributed by atoms with Crippen molar-refractivity contribution < 1.29 is 18.9 Å². The van der Waals surface area contributed by atoms with Gasteiger partial charge in [0.05, 0.1) is 39.1 Å². The molecule has 3 aromatic carbocycles. The summed E-state index contributed by atoms with van der Waals surface area (Å²) in [5.41, 5.74) is 5.96. The van der Waals surface area contributed by atoms with Gasteiger partial charge in [-0.1, -0.05) is 35.5 Å². The number of fused-ring (bicyclic) bond motifs is 2. The zero-order valence-corrected chi connectivity index (χ0v) is 20.5. The third-order valence-electron chi connectivity index (χ3n) is 6.46. The van der Waals surface area contributed by atoms with E-state index in [0.29, 0.717) is 23.8 Å². The molecule has 0 N–H and O–H groups in total. The van der Waals surface area contributed by atoms with Crippen molar-refractivity contribution in [3.63, 3.8) is 0 Å². The SMILES string of the molecule is COc1cc(C(OC)c2c(Cn3nnc4ccccc43)c3ccccc3n2C)cc(OC)c1OC. The summed E-state index contributed by atoms with van der Waals surface area (Å²) in [6.45, 7) is 0.543. The Balaban J connectivity index is 1.72. The molecule has 1 atom stereocenters. The first-order valence-corrected chi connectivity index (χ1v) is 11.3. The van der Waals surface area contributed by atoms with Crippen molar-refractivity contribution in [2.75, 3.05) is 28.4 Å². The number of rotatable bonds is 8. The number of aryl methyl sites for hydroxylation is 1. The van der Waals surface area contributed by atoms with Crippen LogP contribution in [0.1, 0.15) is 22.9 Å². The highest BCUT2D eigenvalue weighted by atomic mass is 16.5. The summed E-state index contributed by atoms with van der Waals surface area (Å²) in [5.74, 6) is 1.69. The molecule has 5 aromatic rings. The Hall–Kier alpha value is -4.04. The molecule has 0 fully saturated rings. The van der Waals surface area contributed by atoms with Gasteiger partial charge in [-0.2, -0.15) is 0 Å². The summed E-state index contributed by atoms with van der Waals surface area (Å²) in [6.07, 6.45) is -0.397. The minimum absolute atomic E-state index is 0.397. The fourth-order valence-electron chi connectivity index (χ4n) is 4.83. The van der Waals surface area contributed by atoms with Gasteiger partial charge in [0.2, 0.25) is 5.75 Å². The molecule has 2 heterocycles. The molecule has 0 bridgehead atoms. The van der Waals surface area contributed by atoms with Crippen molar-refractivity contribution in [1.82, 2.24) is 19.6 Å². The van der Waals surface area contributed by atoms with Crippen LogP contribution in [-0.4, -0.2) is 48.0 Å². The lowest BCUT2D eigenvalue weighted by Gasteiger charge is -2.22. The van der Waals surface area contributed by atoms with E-state index < -0.39 is 6.10 Å². The van der Waals surface area contributed by atoms with E-state index in [0.717, 1.165) is 38.8 Å². The normalized spacial score (nSPS) is 12.3. The van der Waals surface area contributed by atoms with Gasteiger partial charge in [0.25, 0.3) is 0 Å². The Morgan fingerprint density at radius 1 is 0.829 bits per heavy atom. The number of para-hydroxylation sites is 2. The Morgan fingerprint density at radius 2 is 1.49 bits per heavy atom. The molecule has 35 heavy (non-hydrogen) atoms. The van der Waals surface area contributed by atoms with Crippen LogP contribution in [0.15, 0.2) is 60.7 Å². The van der Waals surface area contributed by atoms with E-state index in [9.17, 15) is 0 Å². The second-order valence-electron chi connectivity index (χ2n) is 8.25. The molecule has 8 heteroatoms. The van der Waals surface area contributed by atoms with Crippen LogP contribution < -0.4 is 14.2 Å². The van der Waals surface area contributed by atoms with Crippen LogP contribution in [0.4, 0.5) is 0 Å². The van der Waals surface area contributed by atoms with Gasteiger partial charge in [-0.25, -0.2) is 4.68 Å². The van der Waals surface area contributed by atoms with Gasteiger partial charge in [-0.05, 0) is 35.9 Å². The zero-order valence-electron chi connectivity index (χ0n) is 20.5. The van der Waals surface area contributed by atoms with E-state index >= 15 is 0 Å². The lowest BCUT2D eigenvalue weighted by molar-refractivity contribution is 0.129. The third-order valence-corrected chi connectivity index (χ3v) is 6.46. The van der Waals surface area contributed by atoms with Gasteiger partial charge in [0.15, 0.2) is 11.5 Å². The average Bonchev–Trinajstić information content (AvgIpc) is 3.43. The van der Waals surface area contributed by atoms with E-state index in [1.165, 1.54) is 0 Å². The van der Waals surface area contributed by atoms with Gasteiger partial charge in [0.1, 0.15) is 11.6 Å². The molecule has 0 saturated heterocycles. The number of hydrogen-bond acceptors (Lipinski definition) is 6. The van der Waals surface area contributed by atoms with Crippen LogP contribution in [-0.2, 0) is 18.3 Å². The van der Waals surface area contributed by atoms with Crippen molar-refractivity contribution in [2.24, 2.45) is 7.05 Å². The highest BCUT2D eigenvalue weighted by Crippen LogP contribution is 2.43. The molecular formula is C27H28N4O4.